The van der Waals surface area contributed by atoms with Crippen molar-refractivity contribution in [2.45, 2.75) is 11.7 Å². The number of oxime groups is 1. The molecule has 1 fully saturated rings. The van der Waals surface area contributed by atoms with Gasteiger partial charge in [0.1, 0.15) is 4.38 Å². The Hall–Kier alpha value is -0.160. The highest BCUT2D eigenvalue weighted by atomic mass is 32.2. The number of hydrogen-bond donors (Lipinski definition) is 1. The van der Waals surface area contributed by atoms with Crippen LogP contribution in [-0.4, -0.2) is 33.3 Å². The third kappa shape index (κ3) is 2.13. The summed E-state index contributed by atoms with van der Waals surface area (Å²) in [5.74, 6) is 0.925. The van der Waals surface area contributed by atoms with Gasteiger partial charge in [-0.1, -0.05) is 23.5 Å². The Labute approximate surface area is 74.3 Å². The van der Waals surface area contributed by atoms with Crippen LogP contribution in [0.15, 0.2) is 10.1 Å². The lowest BCUT2D eigenvalue weighted by atomic mass is 10.2. The Balaban J connectivity index is 2.65. The standard InChI is InChI=1S/C6H10N2OS2/c1-6(3-8-9)4-10-5(7-2)11-6/h3,9H,4H2,1-2H3/b7-5?,8-3-/t6-/m0/s1. The van der Waals surface area contributed by atoms with E-state index < -0.39 is 0 Å². The summed E-state index contributed by atoms with van der Waals surface area (Å²) in [4.78, 5) is 4.06. The molecule has 11 heavy (non-hydrogen) atoms. The van der Waals surface area contributed by atoms with E-state index in [4.69, 9.17) is 5.21 Å². The summed E-state index contributed by atoms with van der Waals surface area (Å²) in [6.07, 6.45) is 1.56. The van der Waals surface area contributed by atoms with E-state index in [9.17, 15) is 0 Å². The van der Waals surface area contributed by atoms with E-state index in [1.54, 1.807) is 36.8 Å². The summed E-state index contributed by atoms with van der Waals surface area (Å²) in [6, 6.07) is 0. The molecule has 1 heterocycles. The van der Waals surface area contributed by atoms with Gasteiger partial charge in [0.2, 0.25) is 0 Å². The molecule has 0 aromatic carbocycles. The van der Waals surface area contributed by atoms with Crippen LogP contribution in [0.4, 0.5) is 0 Å². The van der Waals surface area contributed by atoms with Gasteiger partial charge in [0, 0.05) is 12.8 Å². The van der Waals surface area contributed by atoms with Crippen molar-refractivity contribution >= 4 is 34.1 Å². The lowest BCUT2D eigenvalue weighted by Crippen LogP contribution is -2.21. The zero-order chi connectivity index (χ0) is 8.32. The highest BCUT2D eigenvalue weighted by molar-refractivity contribution is 8.42. The summed E-state index contributed by atoms with van der Waals surface area (Å²) in [7, 11) is 1.77. The van der Waals surface area contributed by atoms with Gasteiger partial charge in [0.25, 0.3) is 0 Å². The summed E-state index contributed by atoms with van der Waals surface area (Å²) >= 11 is 3.34. The van der Waals surface area contributed by atoms with Gasteiger partial charge in [0.15, 0.2) is 0 Å². The molecule has 1 saturated heterocycles. The molecule has 0 radical (unpaired) electrons. The van der Waals surface area contributed by atoms with E-state index in [0.29, 0.717) is 0 Å². The van der Waals surface area contributed by atoms with Crippen molar-refractivity contribution in [1.29, 1.82) is 0 Å². The molecule has 0 aromatic heterocycles. The zero-order valence-electron chi connectivity index (χ0n) is 6.44. The number of rotatable bonds is 1. The molecule has 0 aromatic rings. The van der Waals surface area contributed by atoms with Crippen LogP contribution in [0.5, 0.6) is 0 Å². The topological polar surface area (TPSA) is 45.0 Å². The molecule has 1 N–H and O–H groups in total. The monoisotopic (exact) mass is 190 g/mol. The molecule has 1 aliphatic rings. The van der Waals surface area contributed by atoms with Crippen molar-refractivity contribution in [2.75, 3.05) is 12.8 Å². The number of hydrogen-bond acceptors (Lipinski definition) is 5. The van der Waals surface area contributed by atoms with Crippen LogP contribution in [0, 0.1) is 0 Å². The van der Waals surface area contributed by atoms with Gasteiger partial charge >= 0.3 is 0 Å². The first-order valence-electron chi connectivity index (χ1n) is 3.17. The Kier molecular flexibility index (Phi) is 2.84. The second-order valence-electron chi connectivity index (χ2n) is 2.44. The van der Waals surface area contributed by atoms with Crippen molar-refractivity contribution in [2.24, 2.45) is 10.1 Å². The molecule has 1 rings (SSSR count). The Morgan fingerprint density at radius 1 is 1.73 bits per heavy atom. The molecule has 62 valence electrons. The van der Waals surface area contributed by atoms with Crippen LogP contribution in [0.3, 0.4) is 0 Å². The molecule has 3 nitrogen and oxygen atoms in total. The van der Waals surface area contributed by atoms with Crippen LogP contribution in [0.25, 0.3) is 0 Å². The Bertz CT molecular complexity index is 205. The van der Waals surface area contributed by atoms with Gasteiger partial charge in [-0.3, -0.25) is 4.99 Å². The van der Waals surface area contributed by atoms with Crippen LogP contribution in [-0.2, 0) is 0 Å². The van der Waals surface area contributed by atoms with Gasteiger partial charge in [-0.25, -0.2) is 0 Å². The summed E-state index contributed by atoms with van der Waals surface area (Å²) in [5.41, 5.74) is 0. The summed E-state index contributed by atoms with van der Waals surface area (Å²) in [6.45, 7) is 2.03. The zero-order valence-corrected chi connectivity index (χ0v) is 8.08. The van der Waals surface area contributed by atoms with E-state index in [0.717, 1.165) is 10.1 Å². The van der Waals surface area contributed by atoms with Crippen LogP contribution < -0.4 is 0 Å². The first-order valence-corrected chi connectivity index (χ1v) is 4.97. The van der Waals surface area contributed by atoms with Gasteiger partial charge in [0.05, 0.1) is 11.0 Å². The average Bonchev–Trinajstić information content (AvgIpc) is 2.33. The fraction of sp³-hybridized carbons (Fsp3) is 0.667. The largest absolute Gasteiger partial charge is 0.411 e. The molecule has 0 unspecified atom stereocenters. The summed E-state index contributed by atoms with van der Waals surface area (Å²) < 4.78 is 0.987. The molecule has 0 saturated carbocycles. The molecule has 0 aliphatic carbocycles. The first-order chi connectivity index (χ1) is 5.20. The van der Waals surface area contributed by atoms with Crippen molar-refractivity contribution in [3.8, 4) is 0 Å². The third-order valence-electron chi connectivity index (χ3n) is 1.32. The predicted molar refractivity (Wildman–Crippen MR) is 52.1 cm³/mol. The minimum Gasteiger partial charge on any atom is -0.411 e. The fourth-order valence-corrected chi connectivity index (χ4v) is 3.36. The molecule has 0 bridgehead atoms. The highest BCUT2D eigenvalue weighted by Crippen LogP contribution is 2.40. The molecule has 0 amide bonds. The normalized spacial score (nSPS) is 35.6. The molecule has 5 heteroatoms. The number of thioether (sulfide) groups is 2. The lowest BCUT2D eigenvalue weighted by Gasteiger charge is -2.11. The lowest BCUT2D eigenvalue weighted by molar-refractivity contribution is 0.320. The predicted octanol–water partition coefficient (Wildman–Crippen LogP) is 1.67. The average molecular weight is 190 g/mol. The summed E-state index contributed by atoms with van der Waals surface area (Å²) in [5, 5.41) is 11.4. The third-order valence-corrected chi connectivity index (χ3v) is 4.35. The van der Waals surface area contributed by atoms with Crippen molar-refractivity contribution < 1.29 is 5.21 Å². The SMILES string of the molecule is CN=C1SC[C@](C)(/C=N\O)S1. The number of aliphatic imine (C=N–C) groups is 1. The molecule has 0 spiro atoms. The van der Waals surface area contributed by atoms with Crippen molar-refractivity contribution in [3.63, 3.8) is 0 Å². The molecule has 1 aliphatic heterocycles. The maximum Gasteiger partial charge on any atom is 0.125 e. The van der Waals surface area contributed by atoms with Crippen molar-refractivity contribution in [1.82, 2.24) is 0 Å². The Morgan fingerprint density at radius 2 is 2.45 bits per heavy atom. The molecule has 1 atom stereocenters. The minimum absolute atomic E-state index is 0.0751. The second kappa shape index (κ2) is 3.49. The number of nitrogens with zero attached hydrogens (tertiary/aromatic N) is 2. The fourth-order valence-electron chi connectivity index (χ4n) is 0.759. The molecular formula is C6H10N2OS2. The highest BCUT2D eigenvalue weighted by Gasteiger charge is 2.32. The van der Waals surface area contributed by atoms with E-state index in [2.05, 4.69) is 10.1 Å². The Morgan fingerprint density at radius 3 is 2.91 bits per heavy atom. The molecular weight excluding hydrogens is 180 g/mol. The van der Waals surface area contributed by atoms with E-state index in [-0.39, 0.29) is 4.75 Å². The van der Waals surface area contributed by atoms with Crippen LogP contribution >= 0.6 is 23.5 Å². The van der Waals surface area contributed by atoms with E-state index in [1.807, 2.05) is 6.92 Å². The van der Waals surface area contributed by atoms with Crippen molar-refractivity contribution in [3.05, 3.63) is 0 Å². The van der Waals surface area contributed by atoms with E-state index >= 15 is 0 Å². The quantitative estimate of drug-likeness (QED) is 0.388. The first kappa shape index (κ1) is 8.93. The van der Waals surface area contributed by atoms with Crippen LogP contribution in [0.2, 0.25) is 0 Å². The van der Waals surface area contributed by atoms with Gasteiger partial charge in [-0.15, -0.1) is 5.16 Å². The van der Waals surface area contributed by atoms with Gasteiger partial charge in [-0.05, 0) is 6.92 Å². The maximum absolute atomic E-state index is 8.36. The van der Waals surface area contributed by atoms with Gasteiger partial charge < -0.3 is 5.21 Å². The maximum atomic E-state index is 8.36. The minimum atomic E-state index is -0.0751. The second-order valence-corrected chi connectivity index (χ2v) is 5.18. The van der Waals surface area contributed by atoms with Gasteiger partial charge in [-0.2, -0.15) is 0 Å². The smallest absolute Gasteiger partial charge is 0.125 e. The van der Waals surface area contributed by atoms with Crippen LogP contribution in [0.1, 0.15) is 6.92 Å². The van der Waals surface area contributed by atoms with E-state index in [1.165, 1.54) is 0 Å².